The molecule has 142 valence electrons. The lowest BCUT2D eigenvalue weighted by Crippen LogP contribution is -2.48. The first-order valence-electron chi connectivity index (χ1n) is 9.04. The van der Waals surface area contributed by atoms with E-state index in [0.717, 1.165) is 38.0 Å². The predicted molar refractivity (Wildman–Crippen MR) is 103 cm³/mol. The van der Waals surface area contributed by atoms with E-state index in [4.69, 9.17) is 0 Å². The summed E-state index contributed by atoms with van der Waals surface area (Å²) < 4.78 is 0. The normalized spacial score (nSPS) is 26.0. The molecule has 2 amide bonds. The molecule has 0 radical (unpaired) electrons. The van der Waals surface area contributed by atoms with Crippen molar-refractivity contribution in [2.24, 2.45) is 10.9 Å². The van der Waals surface area contributed by atoms with E-state index in [1.807, 2.05) is 0 Å². The van der Waals surface area contributed by atoms with E-state index in [-0.39, 0.29) is 29.8 Å². The third kappa shape index (κ3) is 3.96. The maximum atomic E-state index is 12.7. The molecule has 1 N–H and O–H groups in total. The van der Waals surface area contributed by atoms with Crippen molar-refractivity contribution in [3.63, 3.8) is 0 Å². The zero-order chi connectivity index (χ0) is 18.8. The fourth-order valence-electron chi connectivity index (χ4n) is 3.77. The minimum Gasteiger partial charge on any atom is -0.349 e. The minimum atomic E-state index is -0.175. The van der Waals surface area contributed by atoms with E-state index in [2.05, 4.69) is 34.0 Å². The van der Waals surface area contributed by atoms with Crippen molar-refractivity contribution in [2.75, 3.05) is 27.7 Å². The van der Waals surface area contributed by atoms with E-state index in [0.29, 0.717) is 11.4 Å². The first-order chi connectivity index (χ1) is 12.4. The van der Waals surface area contributed by atoms with Crippen LogP contribution in [0.3, 0.4) is 0 Å². The maximum Gasteiger partial charge on any atom is 0.280 e. The third-order valence-corrected chi connectivity index (χ3v) is 6.35. The van der Waals surface area contributed by atoms with Gasteiger partial charge in [-0.15, -0.1) is 11.3 Å². The summed E-state index contributed by atoms with van der Waals surface area (Å²) >= 11 is 1.47. The fraction of sp³-hybridized carbons (Fsp3) is 0.667. The number of carbonyl (C=O) groups is 2. The molecule has 0 aromatic carbocycles. The second-order valence-corrected chi connectivity index (χ2v) is 8.53. The second-order valence-electron chi connectivity index (χ2n) is 7.45. The van der Waals surface area contributed by atoms with Gasteiger partial charge in [0.15, 0.2) is 5.01 Å². The molecule has 0 bridgehead atoms. The molecule has 1 aliphatic heterocycles. The molecule has 8 heteroatoms. The van der Waals surface area contributed by atoms with Crippen LogP contribution in [0.2, 0.25) is 0 Å². The van der Waals surface area contributed by atoms with Crippen LogP contribution in [0.1, 0.15) is 39.6 Å². The lowest BCUT2D eigenvalue weighted by atomic mass is 9.81. The SMILES string of the molecule is C=N[C@H]1CC[C@H](C(=O)N(C)C)C[C@H]1NC(=O)c1nc2c(s1)CN(C)CC2. The Morgan fingerprint density at radius 1 is 1.38 bits per heavy atom. The van der Waals surface area contributed by atoms with Crippen molar-refractivity contribution in [1.29, 1.82) is 0 Å². The smallest absolute Gasteiger partial charge is 0.280 e. The van der Waals surface area contributed by atoms with Crippen molar-refractivity contribution in [3.8, 4) is 0 Å². The lowest BCUT2D eigenvalue weighted by molar-refractivity contribution is -0.134. The van der Waals surface area contributed by atoms with Crippen LogP contribution in [0.25, 0.3) is 0 Å². The van der Waals surface area contributed by atoms with Gasteiger partial charge in [0.05, 0.1) is 17.8 Å². The number of aliphatic imine (C=N–C) groups is 1. The molecule has 26 heavy (non-hydrogen) atoms. The first-order valence-corrected chi connectivity index (χ1v) is 9.85. The van der Waals surface area contributed by atoms with E-state index in [9.17, 15) is 9.59 Å². The quantitative estimate of drug-likeness (QED) is 0.800. The van der Waals surface area contributed by atoms with Gasteiger partial charge in [-0.05, 0) is 33.0 Å². The molecule has 7 nitrogen and oxygen atoms in total. The molecule has 2 heterocycles. The summed E-state index contributed by atoms with van der Waals surface area (Å²) in [5, 5.41) is 3.58. The Hall–Kier alpha value is -1.80. The van der Waals surface area contributed by atoms with Crippen LogP contribution >= 0.6 is 11.3 Å². The largest absolute Gasteiger partial charge is 0.349 e. The monoisotopic (exact) mass is 377 g/mol. The highest BCUT2D eigenvalue weighted by molar-refractivity contribution is 7.13. The summed E-state index contributed by atoms with van der Waals surface area (Å²) in [7, 11) is 5.61. The van der Waals surface area contributed by atoms with E-state index < -0.39 is 0 Å². The van der Waals surface area contributed by atoms with Crippen LogP contribution in [0.4, 0.5) is 0 Å². The number of aromatic nitrogens is 1. The molecule has 1 saturated carbocycles. The van der Waals surface area contributed by atoms with Crippen LogP contribution < -0.4 is 5.32 Å². The molecule has 0 saturated heterocycles. The average Bonchev–Trinajstić information content (AvgIpc) is 3.04. The van der Waals surface area contributed by atoms with Gasteiger partial charge in [0.2, 0.25) is 5.91 Å². The average molecular weight is 378 g/mol. The number of likely N-dealkylation sites (N-methyl/N-ethyl adjacent to an activating group) is 1. The van der Waals surface area contributed by atoms with Gasteiger partial charge in [-0.25, -0.2) is 4.98 Å². The van der Waals surface area contributed by atoms with Crippen molar-refractivity contribution < 1.29 is 9.59 Å². The Labute approximate surface area is 158 Å². The number of fused-ring (bicyclic) bond motifs is 1. The number of hydrogen-bond acceptors (Lipinski definition) is 6. The van der Waals surface area contributed by atoms with Crippen molar-refractivity contribution in [3.05, 3.63) is 15.6 Å². The molecule has 0 unspecified atom stereocenters. The summed E-state index contributed by atoms with van der Waals surface area (Å²) in [6, 6.07) is -0.225. The molecule has 2 aliphatic rings. The van der Waals surface area contributed by atoms with Crippen molar-refractivity contribution in [1.82, 2.24) is 20.1 Å². The highest BCUT2D eigenvalue weighted by Gasteiger charge is 2.35. The summed E-state index contributed by atoms with van der Waals surface area (Å²) in [4.78, 5) is 38.8. The summed E-state index contributed by atoms with van der Waals surface area (Å²) in [5.74, 6) is -0.130. The van der Waals surface area contributed by atoms with Gasteiger partial charge in [0, 0.05) is 44.4 Å². The van der Waals surface area contributed by atoms with Crippen LogP contribution in [-0.2, 0) is 17.8 Å². The zero-order valence-corrected chi connectivity index (χ0v) is 16.5. The van der Waals surface area contributed by atoms with E-state index in [1.54, 1.807) is 19.0 Å². The number of carbonyl (C=O) groups excluding carboxylic acids is 2. The number of nitrogens with one attached hydrogen (secondary N) is 1. The molecule has 1 fully saturated rings. The topological polar surface area (TPSA) is 77.9 Å². The Balaban J connectivity index is 1.70. The Morgan fingerprint density at radius 3 is 2.85 bits per heavy atom. The molecule has 1 aromatic rings. The van der Waals surface area contributed by atoms with Gasteiger partial charge in [-0.2, -0.15) is 0 Å². The summed E-state index contributed by atoms with van der Waals surface area (Å²) in [6.07, 6.45) is 3.03. The van der Waals surface area contributed by atoms with Crippen LogP contribution in [0.5, 0.6) is 0 Å². The highest BCUT2D eigenvalue weighted by Crippen LogP contribution is 2.29. The number of amides is 2. The molecular formula is C18H27N5O2S. The minimum absolute atomic E-state index is 0.0501. The van der Waals surface area contributed by atoms with E-state index >= 15 is 0 Å². The molecule has 3 rings (SSSR count). The maximum absolute atomic E-state index is 12.7. The summed E-state index contributed by atoms with van der Waals surface area (Å²) in [5.41, 5.74) is 1.04. The second kappa shape index (κ2) is 7.84. The first kappa shape index (κ1) is 19.0. The molecule has 1 aliphatic carbocycles. The van der Waals surface area contributed by atoms with Crippen molar-refractivity contribution >= 4 is 29.9 Å². The molecule has 0 spiro atoms. The molecule has 3 atom stereocenters. The van der Waals surface area contributed by atoms with Crippen molar-refractivity contribution in [2.45, 2.75) is 44.3 Å². The van der Waals surface area contributed by atoms with E-state index in [1.165, 1.54) is 16.2 Å². The molecular weight excluding hydrogens is 350 g/mol. The Bertz CT molecular complexity index is 702. The van der Waals surface area contributed by atoms with Gasteiger partial charge in [-0.1, -0.05) is 0 Å². The van der Waals surface area contributed by atoms with Gasteiger partial charge >= 0.3 is 0 Å². The number of hydrogen-bond donors (Lipinski definition) is 1. The number of rotatable bonds is 4. The van der Waals surface area contributed by atoms with Crippen LogP contribution in [-0.4, -0.2) is 73.1 Å². The Kier molecular flexibility index (Phi) is 5.72. The third-order valence-electron chi connectivity index (χ3n) is 5.27. The lowest BCUT2D eigenvalue weighted by Gasteiger charge is -2.34. The Morgan fingerprint density at radius 2 is 2.15 bits per heavy atom. The fourth-order valence-corrected chi connectivity index (χ4v) is 4.86. The van der Waals surface area contributed by atoms with Crippen LogP contribution in [0.15, 0.2) is 4.99 Å². The predicted octanol–water partition coefficient (Wildman–Crippen LogP) is 1.19. The number of thiazole rings is 1. The highest BCUT2D eigenvalue weighted by atomic mass is 32.1. The summed E-state index contributed by atoms with van der Waals surface area (Å²) in [6.45, 7) is 5.48. The van der Waals surface area contributed by atoms with Gasteiger partial charge in [-0.3, -0.25) is 14.6 Å². The zero-order valence-electron chi connectivity index (χ0n) is 15.7. The molecule has 1 aromatic heterocycles. The van der Waals surface area contributed by atoms with Gasteiger partial charge in [0.25, 0.3) is 5.91 Å². The van der Waals surface area contributed by atoms with Gasteiger partial charge < -0.3 is 15.1 Å². The number of nitrogens with zero attached hydrogens (tertiary/aromatic N) is 4. The van der Waals surface area contributed by atoms with Gasteiger partial charge in [0.1, 0.15) is 0 Å². The van der Waals surface area contributed by atoms with Crippen LogP contribution in [0, 0.1) is 5.92 Å². The standard InChI is InChI=1S/C18H27N5O2S/c1-19-12-6-5-11(18(25)22(2)3)9-14(12)20-16(24)17-21-13-7-8-23(4)10-15(13)26-17/h11-12,14H,1,5-10H2,2-4H3,(H,20,24)/t11-,12-,14+/m0/s1.